The normalized spacial score (nSPS) is 36.0. The van der Waals surface area contributed by atoms with Gasteiger partial charge in [0.05, 0.1) is 18.3 Å². The van der Waals surface area contributed by atoms with Crippen LogP contribution in [-0.4, -0.2) is 63.0 Å². The van der Waals surface area contributed by atoms with Gasteiger partial charge in [0.25, 0.3) is 0 Å². The van der Waals surface area contributed by atoms with Gasteiger partial charge in [-0.1, -0.05) is 0 Å². The van der Waals surface area contributed by atoms with E-state index in [0.29, 0.717) is 6.10 Å². The molecule has 2 atom stereocenters. The number of hydrogen-bond donors (Lipinski definition) is 1. The van der Waals surface area contributed by atoms with Crippen molar-refractivity contribution in [3.05, 3.63) is 0 Å². The highest BCUT2D eigenvalue weighted by atomic mass is 16.5. The molecular weight excluding hydrogens is 216 g/mol. The minimum atomic E-state index is 0.0594. The van der Waals surface area contributed by atoms with Gasteiger partial charge in [-0.3, -0.25) is 0 Å². The lowest BCUT2D eigenvalue weighted by Crippen LogP contribution is -2.48. The van der Waals surface area contributed by atoms with E-state index in [1.54, 1.807) is 0 Å². The monoisotopic (exact) mass is 242 g/mol. The molecule has 2 aliphatic rings. The summed E-state index contributed by atoms with van der Waals surface area (Å²) in [5, 5.41) is 3.38. The van der Waals surface area contributed by atoms with Gasteiger partial charge in [-0.15, -0.1) is 0 Å². The van der Waals surface area contributed by atoms with Gasteiger partial charge in [0.1, 0.15) is 0 Å². The maximum atomic E-state index is 5.73. The quantitative estimate of drug-likeness (QED) is 0.793. The van der Waals surface area contributed by atoms with Gasteiger partial charge in [0.15, 0.2) is 0 Å². The zero-order valence-electron chi connectivity index (χ0n) is 11.2. The molecule has 0 aromatic heterocycles. The van der Waals surface area contributed by atoms with E-state index in [1.807, 2.05) is 7.11 Å². The van der Waals surface area contributed by atoms with Crippen molar-refractivity contribution in [3.8, 4) is 0 Å². The van der Waals surface area contributed by atoms with Crippen molar-refractivity contribution < 1.29 is 9.47 Å². The minimum absolute atomic E-state index is 0.0594. The smallest absolute Gasteiger partial charge is 0.0777 e. The molecular formula is C13H26N2O2. The number of morpholine rings is 1. The summed E-state index contributed by atoms with van der Waals surface area (Å²) in [6, 6.07) is 0. The SMILES string of the molecule is COC1(C)CCCN(CCC2CNCCO2)C1. The topological polar surface area (TPSA) is 33.7 Å². The first-order valence-corrected chi connectivity index (χ1v) is 6.82. The van der Waals surface area contributed by atoms with Crippen LogP contribution in [0.25, 0.3) is 0 Å². The lowest BCUT2D eigenvalue weighted by atomic mass is 9.94. The summed E-state index contributed by atoms with van der Waals surface area (Å²) in [4.78, 5) is 2.52. The third-order valence-corrected chi connectivity index (χ3v) is 4.00. The largest absolute Gasteiger partial charge is 0.377 e. The fraction of sp³-hybridized carbons (Fsp3) is 1.00. The van der Waals surface area contributed by atoms with Gasteiger partial charge < -0.3 is 19.7 Å². The molecule has 2 fully saturated rings. The van der Waals surface area contributed by atoms with Gasteiger partial charge in [-0.25, -0.2) is 0 Å². The molecule has 2 aliphatic heterocycles. The van der Waals surface area contributed by atoms with Gasteiger partial charge in [0, 0.05) is 33.3 Å². The third kappa shape index (κ3) is 3.91. The molecule has 1 N–H and O–H groups in total. The third-order valence-electron chi connectivity index (χ3n) is 4.00. The summed E-state index contributed by atoms with van der Waals surface area (Å²) < 4.78 is 11.3. The van der Waals surface area contributed by atoms with E-state index in [-0.39, 0.29) is 5.60 Å². The maximum absolute atomic E-state index is 5.73. The summed E-state index contributed by atoms with van der Waals surface area (Å²) >= 11 is 0. The predicted octanol–water partition coefficient (Wildman–Crippen LogP) is 0.866. The highest BCUT2D eigenvalue weighted by Gasteiger charge is 2.30. The number of piperidine rings is 1. The molecule has 2 rings (SSSR count). The van der Waals surface area contributed by atoms with Crippen LogP contribution in [0.4, 0.5) is 0 Å². The van der Waals surface area contributed by atoms with Gasteiger partial charge in [0.2, 0.25) is 0 Å². The molecule has 0 saturated carbocycles. The Morgan fingerprint density at radius 2 is 2.41 bits per heavy atom. The number of methoxy groups -OCH3 is 1. The van der Waals surface area contributed by atoms with Crippen LogP contribution in [0.1, 0.15) is 26.2 Å². The van der Waals surface area contributed by atoms with Crippen molar-refractivity contribution in [2.45, 2.75) is 37.9 Å². The zero-order chi connectivity index (χ0) is 12.1. The first-order chi connectivity index (χ1) is 8.22. The molecule has 2 saturated heterocycles. The summed E-state index contributed by atoms with van der Waals surface area (Å²) in [6.07, 6.45) is 3.96. The average molecular weight is 242 g/mol. The second-order valence-corrected chi connectivity index (χ2v) is 5.52. The Bertz CT molecular complexity index is 231. The fourth-order valence-electron chi connectivity index (χ4n) is 2.80. The van der Waals surface area contributed by atoms with Crippen LogP contribution in [0, 0.1) is 0 Å². The average Bonchev–Trinajstić information content (AvgIpc) is 2.38. The fourth-order valence-corrected chi connectivity index (χ4v) is 2.80. The molecule has 2 heterocycles. The van der Waals surface area contributed by atoms with E-state index in [9.17, 15) is 0 Å². The van der Waals surface area contributed by atoms with Gasteiger partial charge in [-0.2, -0.15) is 0 Å². The van der Waals surface area contributed by atoms with Crippen LogP contribution in [0.2, 0.25) is 0 Å². The van der Waals surface area contributed by atoms with E-state index >= 15 is 0 Å². The van der Waals surface area contributed by atoms with Crippen molar-refractivity contribution >= 4 is 0 Å². The number of nitrogens with zero attached hydrogens (tertiary/aromatic N) is 1. The maximum Gasteiger partial charge on any atom is 0.0777 e. The van der Waals surface area contributed by atoms with Crippen LogP contribution in [-0.2, 0) is 9.47 Å². The van der Waals surface area contributed by atoms with Gasteiger partial charge in [-0.05, 0) is 32.7 Å². The molecule has 0 bridgehead atoms. The minimum Gasteiger partial charge on any atom is -0.377 e. The zero-order valence-corrected chi connectivity index (χ0v) is 11.2. The van der Waals surface area contributed by atoms with E-state index in [4.69, 9.17) is 9.47 Å². The summed E-state index contributed by atoms with van der Waals surface area (Å²) in [6.45, 7) is 8.49. The molecule has 2 unspecified atom stereocenters. The van der Waals surface area contributed by atoms with E-state index in [0.717, 1.165) is 39.2 Å². The standard InChI is InChI=1S/C13H26N2O2/c1-13(16-2)5-3-7-15(11-13)8-4-12-10-14-6-9-17-12/h12,14H,3-11H2,1-2H3. The number of nitrogens with one attached hydrogen (secondary N) is 1. The molecule has 0 radical (unpaired) electrons. The molecule has 4 heteroatoms. The van der Waals surface area contributed by atoms with Crippen molar-refractivity contribution in [3.63, 3.8) is 0 Å². The van der Waals surface area contributed by atoms with E-state index < -0.39 is 0 Å². The Balaban J connectivity index is 1.71. The Labute approximate surface area is 105 Å². The highest BCUT2D eigenvalue weighted by molar-refractivity contribution is 4.85. The lowest BCUT2D eigenvalue weighted by Gasteiger charge is -2.40. The number of likely N-dealkylation sites (tertiary alicyclic amines) is 1. The van der Waals surface area contributed by atoms with Crippen LogP contribution < -0.4 is 5.32 Å². The van der Waals surface area contributed by atoms with Crippen LogP contribution in [0.3, 0.4) is 0 Å². The lowest BCUT2D eigenvalue weighted by molar-refractivity contribution is -0.0557. The Hall–Kier alpha value is -0.160. The second-order valence-electron chi connectivity index (χ2n) is 5.52. The Morgan fingerprint density at radius 3 is 3.12 bits per heavy atom. The molecule has 0 aliphatic carbocycles. The summed E-state index contributed by atoms with van der Waals surface area (Å²) in [5.74, 6) is 0. The Kier molecular flexibility index (Phi) is 4.79. The van der Waals surface area contributed by atoms with E-state index in [1.165, 1.54) is 19.4 Å². The molecule has 0 aromatic rings. The van der Waals surface area contributed by atoms with Crippen LogP contribution in [0.15, 0.2) is 0 Å². The van der Waals surface area contributed by atoms with Crippen molar-refractivity contribution in [1.29, 1.82) is 0 Å². The Morgan fingerprint density at radius 1 is 1.53 bits per heavy atom. The second kappa shape index (κ2) is 6.14. The molecule has 17 heavy (non-hydrogen) atoms. The van der Waals surface area contributed by atoms with Crippen molar-refractivity contribution in [2.75, 3.05) is 46.4 Å². The number of ether oxygens (including phenoxy) is 2. The highest BCUT2D eigenvalue weighted by Crippen LogP contribution is 2.24. The van der Waals surface area contributed by atoms with Crippen molar-refractivity contribution in [1.82, 2.24) is 10.2 Å². The molecule has 0 aromatic carbocycles. The predicted molar refractivity (Wildman–Crippen MR) is 68.3 cm³/mol. The van der Waals surface area contributed by atoms with Crippen LogP contribution in [0.5, 0.6) is 0 Å². The van der Waals surface area contributed by atoms with E-state index in [2.05, 4.69) is 17.1 Å². The molecule has 100 valence electrons. The van der Waals surface area contributed by atoms with Crippen molar-refractivity contribution in [2.24, 2.45) is 0 Å². The number of hydrogen-bond acceptors (Lipinski definition) is 4. The molecule has 4 nitrogen and oxygen atoms in total. The first-order valence-electron chi connectivity index (χ1n) is 6.82. The molecule has 0 spiro atoms. The summed E-state index contributed by atoms with van der Waals surface area (Å²) in [5.41, 5.74) is 0.0594. The van der Waals surface area contributed by atoms with Crippen LogP contribution >= 0.6 is 0 Å². The van der Waals surface area contributed by atoms with Gasteiger partial charge >= 0.3 is 0 Å². The summed E-state index contributed by atoms with van der Waals surface area (Å²) in [7, 11) is 1.83. The number of rotatable bonds is 4. The first kappa shape index (κ1) is 13.3. The molecule has 0 amide bonds.